The number of aromatic amines is 1. The van der Waals surface area contributed by atoms with E-state index in [4.69, 9.17) is 9.84 Å². The van der Waals surface area contributed by atoms with E-state index in [2.05, 4.69) is 10.2 Å². The molecule has 1 rings (SSSR count). The number of aliphatic carboxylic acids is 1. The average molecular weight is 275 g/mol. The van der Waals surface area contributed by atoms with Gasteiger partial charge in [0, 0.05) is 6.61 Å². The lowest BCUT2D eigenvalue weighted by molar-refractivity contribution is -0.133. The van der Waals surface area contributed by atoms with Crippen molar-refractivity contribution >= 4 is 17.7 Å². The van der Waals surface area contributed by atoms with E-state index in [1.54, 1.807) is 0 Å². The summed E-state index contributed by atoms with van der Waals surface area (Å²) in [6.07, 6.45) is 0. The fourth-order valence-electron chi connectivity index (χ4n) is 1.21. The summed E-state index contributed by atoms with van der Waals surface area (Å²) >= 11 is 1.01. The van der Waals surface area contributed by atoms with Crippen LogP contribution in [0.1, 0.15) is 13.8 Å². The Labute approximate surface area is 109 Å². The Morgan fingerprint density at radius 2 is 2.33 bits per heavy atom. The second-order valence-corrected chi connectivity index (χ2v) is 5.06. The second kappa shape index (κ2) is 7.22. The van der Waals surface area contributed by atoms with E-state index in [9.17, 15) is 9.59 Å². The van der Waals surface area contributed by atoms with Crippen LogP contribution in [0.25, 0.3) is 0 Å². The number of ether oxygens (including phenoxy) is 1. The average Bonchev–Trinajstić information content (AvgIpc) is 2.63. The van der Waals surface area contributed by atoms with Gasteiger partial charge in [-0.1, -0.05) is 25.6 Å². The standard InChI is InChI=1S/C10H17N3O4S/c1-7(2)5-17-4-3-13-9(16)11-12-10(13)18-6-8(14)15/h7H,3-6H2,1-2H3,(H,11,16)(H,14,15). The van der Waals surface area contributed by atoms with Gasteiger partial charge in [-0.15, -0.1) is 5.10 Å². The summed E-state index contributed by atoms with van der Waals surface area (Å²) in [6.45, 7) is 5.47. The number of hydrogen-bond acceptors (Lipinski definition) is 5. The van der Waals surface area contributed by atoms with Gasteiger partial charge in [0.25, 0.3) is 0 Å². The molecular weight excluding hydrogens is 258 g/mol. The van der Waals surface area contributed by atoms with Crippen LogP contribution >= 0.6 is 11.8 Å². The summed E-state index contributed by atoms with van der Waals surface area (Å²) in [6, 6.07) is 0. The lowest BCUT2D eigenvalue weighted by Crippen LogP contribution is -2.21. The van der Waals surface area contributed by atoms with Crippen LogP contribution in [-0.2, 0) is 16.1 Å². The van der Waals surface area contributed by atoms with Crippen molar-refractivity contribution in [1.29, 1.82) is 0 Å². The zero-order valence-electron chi connectivity index (χ0n) is 10.4. The molecule has 0 aliphatic heterocycles. The van der Waals surface area contributed by atoms with Crippen LogP contribution in [0.2, 0.25) is 0 Å². The van der Waals surface area contributed by atoms with Crippen LogP contribution in [0.3, 0.4) is 0 Å². The van der Waals surface area contributed by atoms with Crippen LogP contribution in [0.4, 0.5) is 0 Å². The molecule has 0 saturated heterocycles. The van der Waals surface area contributed by atoms with E-state index in [1.807, 2.05) is 13.8 Å². The molecule has 1 aromatic rings. The molecule has 0 aliphatic rings. The summed E-state index contributed by atoms with van der Waals surface area (Å²) in [5.41, 5.74) is -0.351. The maximum Gasteiger partial charge on any atom is 0.344 e. The largest absolute Gasteiger partial charge is 0.481 e. The number of H-pyrrole nitrogens is 1. The number of rotatable bonds is 8. The van der Waals surface area contributed by atoms with Crippen molar-refractivity contribution in [2.45, 2.75) is 25.5 Å². The van der Waals surface area contributed by atoms with Crippen molar-refractivity contribution < 1.29 is 14.6 Å². The van der Waals surface area contributed by atoms with Gasteiger partial charge in [0.1, 0.15) is 0 Å². The number of nitrogens with zero attached hydrogens (tertiary/aromatic N) is 2. The highest BCUT2D eigenvalue weighted by atomic mass is 32.2. The molecule has 18 heavy (non-hydrogen) atoms. The summed E-state index contributed by atoms with van der Waals surface area (Å²) in [5.74, 6) is -0.637. The molecule has 0 spiro atoms. The Balaban J connectivity index is 2.50. The molecule has 0 aliphatic carbocycles. The zero-order valence-corrected chi connectivity index (χ0v) is 11.2. The number of carboxylic acids is 1. The van der Waals surface area contributed by atoms with Crippen molar-refractivity contribution in [3.05, 3.63) is 10.5 Å². The number of thioether (sulfide) groups is 1. The van der Waals surface area contributed by atoms with Crippen molar-refractivity contribution in [2.24, 2.45) is 5.92 Å². The first kappa shape index (κ1) is 14.8. The van der Waals surface area contributed by atoms with Crippen LogP contribution < -0.4 is 5.69 Å². The van der Waals surface area contributed by atoms with Gasteiger partial charge in [0.15, 0.2) is 5.16 Å². The van der Waals surface area contributed by atoms with E-state index in [-0.39, 0.29) is 11.4 Å². The molecule has 0 amide bonds. The van der Waals surface area contributed by atoms with Crippen molar-refractivity contribution in [2.75, 3.05) is 19.0 Å². The minimum atomic E-state index is -0.946. The maximum atomic E-state index is 11.4. The number of carboxylic acid groups (broad SMARTS) is 1. The predicted octanol–water partition coefficient (Wildman–Crippen LogP) is 0.421. The minimum absolute atomic E-state index is 0.128. The normalized spacial score (nSPS) is 11.1. The molecule has 0 unspecified atom stereocenters. The fraction of sp³-hybridized carbons (Fsp3) is 0.700. The number of hydrogen-bond donors (Lipinski definition) is 2. The van der Waals surface area contributed by atoms with Crippen molar-refractivity contribution in [1.82, 2.24) is 14.8 Å². The Kier molecular flexibility index (Phi) is 5.93. The molecular formula is C10H17N3O4S. The lowest BCUT2D eigenvalue weighted by atomic mass is 10.2. The Morgan fingerprint density at radius 1 is 1.61 bits per heavy atom. The number of carbonyl (C=O) groups is 1. The van der Waals surface area contributed by atoms with E-state index in [0.29, 0.717) is 30.8 Å². The van der Waals surface area contributed by atoms with E-state index in [1.165, 1.54) is 4.57 Å². The third-order valence-corrected chi connectivity index (χ3v) is 2.92. The fourth-order valence-corrected chi connectivity index (χ4v) is 1.90. The quantitative estimate of drug-likeness (QED) is 0.527. The van der Waals surface area contributed by atoms with Gasteiger partial charge >= 0.3 is 11.7 Å². The van der Waals surface area contributed by atoms with Crippen LogP contribution in [0.15, 0.2) is 9.95 Å². The first-order chi connectivity index (χ1) is 8.50. The van der Waals surface area contributed by atoms with Crippen molar-refractivity contribution in [3.8, 4) is 0 Å². The predicted molar refractivity (Wildman–Crippen MR) is 66.9 cm³/mol. The van der Waals surface area contributed by atoms with Gasteiger partial charge in [-0.25, -0.2) is 9.89 Å². The topological polar surface area (TPSA) is 97.2 Å². The van der Waals surface area contributed by atoms with Gasteiger partial charge in [0.2, 0.25) is 0 Å². The maximum absolute atomic E-state index is 11.4. The molecule has 8 heteroatoms. The van der Waals surface area contributed by atoms with Crippen molar-refractivity contribution in [3.63, 3.8) is 0 Å². The molecule has 1 heterocycles. The van der Waals surface area contributed by atoms with Gasteiger partial charge < -0.3 is 9.84 Å². The van der Waals surface area contributed by atoms with Gasteiger partial charge in [-0.05, 0) is 5.92 Å². The second-order valence-electron chi connectivity index (χ2n) is 4.11. The highest BCUT2D eigenvalue weighted by molar-refractivity contribution is 7.99. The molecule has 102 valence electrons. The SMILES string of the molecule is CC(C)COCCn1c(SCC(=O)O)n[nH]c1=O. The summed E-state index contributed by atoms with van der Waals surface area (Å²) in [5, 5.41) is 15.0. The molecule has 0 aromatic carbocycles. The molecule has 1 aromatic heterocycles. The summed E-state index contributed by atoms with van der Waals surface area (Å²) in [4.78, 5) is 21.9. The molecule has 2 N–H and O–H groups in total. The van der Waals surface area contributed by atoms with Gasteiger partial charge in [-0.3, -0.25) is 9.36 Å². The van der Waals surface area contributed by atoms with Crippen LogP contribution in [0, 0.1) is 5.92 Å². The third kappa shape index (κ3) is 4.92. The molecule has 7 nitrogen and oxygen atoms in total. The first-order valence-corrected chi connectivity index (χ1v) is 6.56. The monoisotopic (exact) mass is 275 g/mol. The van der Waals surface area contributed by atoms with Gasteiger partial charge in [0.05, 0.1) is 18.9 Å². The third-order valence-electron chi connectivity index (χ3n) is 1.96. The Morgan fingerprint density at radius 3 is 2.94 bits per heavy atom. The summed E-state index contributed by atoms with van der Waals surface area (Å²) in [7, 11) is 0. The Hall–Kier alpha value is -1.28. The molecule has 0 atom stereocenters. The van der Waals surface area contributed by atoms with E-state index in [0.717, 1.165) is 11.8 Å². The molecule has 0 radical (unpaired) electrons. The Bertz CT molecular complexity index is 441. The lowest BCUT2D eigenvalue weighted by Gasteiger charge is -2.07. The van der Waals surface area contributed by atoms with E-state index >= 15 is 0 Å². The molecule has 0 fully saturated rings. The zero-order chi connectivity index (χ0) is 13.5. The molecule has 0 bridgehead atoms. The summed E-state index contributed by atoms with van der Waals surface area (Å²) < 4.78 is 6.76. The highest BCUT2D eigenvalue weighted by Crippen LogP contribution is 2.12. The number of aromatic nitrogens is 3. The molecule has 0 saturated carbocycles. The van der Waals surface area contributed by atoms with Gasteiger partial charge in [-0.2, -0.15) is 0 Å². The number of nitrogens with one attached hydrogen (secondary N) is 1. The first-order valence-electron chi connectivity index (χ1n) is 5.58. The highest BCUT2D eigenvalue weighted by Gasteiger charge is 2.10. The smallest absolute Gasteiger partial charge is 0.344 e. The van der Waals surface area contributed by atoms with E-state index < -0.39 is 5.97 Å². The van der Waals surface area contributed by atoms with Crippen LogP contribution in [0.5, 0.6) is 0 Å². The minimum Gasteiger partial charge on any atom is -0.481 e. The van der Waals surface area contributed by atoms with Crippen LogP contribution in [-0.4, -0.2) is 44.8 Å².